The fraction of sp³-hybridized carbons (Fsp3) is 0.667. The van der Waals surface area contributed by atoms with E-state index in [1.807, 2.05) is 12.3 Å². The van der Waals surface area contributed by atoms with Gasteiger partial charge in [0.1, 0.15) is 5.02 Å². The van der Waals surface area contributed by atoms with Crippen LogP contribution >= 0.6 is 11.6 Å². The van der Waals surface area contributed by atoms with Gasteiger partial charge in [0.15, 0.2) is 0 Å². The van der Waals surface area contributed by atoms with E-state index in [1.165, 1.54) is 12.8 Å². The highest BCUT2D eigenvalue weighted by atomic mass is 35.5. The molecule has 0 aliphatic heterocycles. The van der Waals surface area contributed by atoms with E-state index in [-0.39, 0.29) is 0 Å². The van der Waals surface area contributed by atoms with Crippen LogP contribution in [0.25, 0.3) is 0 Å². The first-order valence-corrected chi connectivity index (χ1v) is 7.51. The van der Waals surface area contributed by atoms with Gasteiger partial charge in [-0.2, -0.15) is 0 Å². The first-order chi connectivity index (χ1) is 9.15. The maximum Gasteiger partial charge on any atom is 0.232 e. The standard InChI is InChI=1S/C15H23ClN2O/c1-11(2)8-17-9-13-7-14(16)15(18-10-13)19-6-5-12-3-4-12/h7,10-12,17H,3-6,8-9H2,1-2H3. The van der Waals surface area contributed by atoms with Crippen molar-refractivity contribution in [2.75, 3.05) is 13.2 Å². The minimum Gasteiger partial charge on any atom is -0.477 e. The average molecular weight is 283 g/mol. The summed E-state index contributed by atoms with van der Waals surface area (Å²) in [6, 6.07) is 1.94. The van der Waals surface area contributed by atoms with Crippen molar-refractivity contribution < 1.29 is 4.74 Å². The topological polar surface area (TPSA) is 34.2 Å². The predicted molar refractivity (Wildman–Crippen MR) is 78.6 cm³/mol. The Bertz CT molecular complexity index is 405. The van der Waals surface area contributed by atoms with Gasteiger partial charge in [0, 0.05) is 12.7 Å². The van der Waals surface area contributed by atoms with Gasteiger partial charge >= 0.3 is 0 Å². The van der Waals surface area contributed by atoms with Crippen molar-refractivity contribution in [1.82, 2.24) is 10.3 Å². The number of halogens is 1. The third-order valence-electron chi connectivity index (χ3n) is 3.21. The van der Waals surface area contributed by atoms with Crippen molar-refractivity contribution in [1.29, 1.82) is 0 Å². The van der Waals surface area contributed by atoms with Crippen LogP contribution in [0.3, 0.4) is 0 Å². The van der Waals surface area contributed by atoms with Gasteiger partial charge in [-0.25, -0.2) is 4.98 Å². The van der Waals surface area contributed by atoms with E-state index in [0.29, 0.717) is 16.8 Å². The lowest BCUT2D eigenvalue weighted by Crippen LogP contribution is -2.19. The molecule has 1 N–H and O–H groups in total. The van der Waals surface area contributed by atoms with Gasteiger partial charge in [-0.05, 0) is 36.4 Å². The number of nitrogens with zero attached hydrogens (tertiary/aromatic N) is 1. The molecule has 0 unspecified atom stereocenters. The second-order valence-electron chi connectivity index (χ2n) is 5.74. The normalized spacial score (nSPS) is 14.9. The summed E-state index contributed by atoms with van der Waals surface area (Å²) in [6.07, 6.45) is 5.66. The Morgan fingerprint density at radius 2 is 2.26 bits per heavy atom. The van der Waals surface area contributed by atoms with Gasteiger partial charge in [-0.1, -0.05) is 38.3 Å². The lowest BCUT2D eigenvalue weighted by molar-refractivity contribution is 0.291. The van der Waals surface area contributed by atoms with Crippen molar-refractivity contribution in [2.24, 2.45) is 11.8 Å². The van der Waals surface area contributed by atoms with Gasteiger partial charge in [0.2, 0.25) is 5.88 Å². The van der Waals surface area contributed by atoms with E-state index in [0.717, 1.165) is 37.6 Å². The van der Waals surface area contributed by atoms with Crippen molar-refractivity contribution in [3.63, 3.8) is 0 Å². The molecule has 19 heavy (non-hydrogen) atoms. The first kappa shape index (κ1) is 14.6. The predicted octanol–water partition coefficient (Wildman–Crippen LogP) is 3.66. The molecule has 1 aromatic heterocycles. The summed E-state index contributed by atoms with van der Waals surface area (Å²) in [6.45, 7) is 6.90. The number of aromatic nitrogens is 1. The number of pyridine rings is 1. The minimum atomic E-state index is 0.565. The smallest absolute Gasteiger partial charge is 0.232 e. The Morgan fingerprint density at radius 1 is 1.47 bits per heavy atom. The molecule has 0 aromatic carbocycles. The fourth-order valence-corrected chi connectivity index (χ4v) is 2.15. The van der Waals surface area contributed by atoms with Crippen molar-refractivity contribution in [3.05, 3.63) is 22.8 Å². The molecule has 0 amide bonds. The monoisotopic (exact) mass is 282 g/mol. The molecule has 106 valence electrons. The molecule has 0 bridgehead atoms. The molecule has 4 heteroatoms. The van der Waals surface area contributed by atoms with E-state index in [1.54, 1.807) is 0 Å². The zero-order valence-corrected chi connectivity index (χ0v) is 12.5. The van der Waals surface area contributed by atoms with Gasteiger partial charge in [-0.15, -0.1) is 0 Å². The summed E-state index contributed by atoms with van der Waals surface area (Å²) in [5.41, 5.74) is 1.10. The molecular weight excluding hydrogens is 260 g/mol. The highest BCUT2D eigenvalue weighted by molar-refractivity contribution is 6.31. The van der Waals surface area contributed by atoms with E-state index >= 15 is 0 Å². The Labute approximate surface area is 120 Å². The lowest BCUT2D eigenvalue weighted by atomic mass is 10.2. The van der Waals surface area contributed by atoms with Crippen molar-refractivity contribution in [2.45, 2.75) is 39.7 Å². The van der Waals surface area contributed by atoms with Gasteiger partial charge in [0.05, 0.1) is 6.61 Å². The molecule has 1 aromatic rings. The Morgan fingerprint density at radius 3 is 2.89 bits per heavy atom. The Hall–Kier alpha value is -0.800. The summed E-state index contributed by atoms with van der Waals surface area (Å²) in [5.74, 6) is 2.08. The molecule has 2 rings (SSSR count). The third-order valence-corrected chi connectivity index (χ3v) is 3.48. The molecular formula is C15H23ClN2O. The largest absolute Gasteiger partial charge is 0.477 e. The van der Waals surface area contributed by atoms with Crippen LogP contribution in [0.15, 0.2) is 12.3 Å². The zero-order chi connectivity index (χ0) is 13.7. The second-order valence-corrected chi connectivity index (χ2v) is 6.14. The van der Waals surface area contributed by atoms with Crippen LogP contribution in [0.4, 0.5) is 0 Å². The van der Waals surface area contributed by atoms with Crippen molar-refractivity contribution in [3.8, 4) is 5.88 Å². The number of nitrogens with one attached hydrogen (secondary N) is 1. The molecule has 1 heterocycles. The zero-order valence-electron chi connectivity index (χ0n) is 11.8. The number of ether oxygens (including phenoxy) is 1. The molecule has 1 fully saturated rings. The van der Waals surface area contributed by atoms with Gasteiger partial charge < -0.3 is 10.1 Å². The fourth-order valence-electron chi connectivity index (χ4n) is 1.90. The Balaban J connectivity index is 1.78. The molecule has 0 radical (unpaired) electrons. The molecule has 1 saturated carbocycles. The van der Waals surface area contributed by atoms with E-state index in [9.17, 15) is 0 Å². The SMILES string of the molecule is CC(C)CNCc1cnc(OCCC2CC2)c(Cl)c1. The molecule has 0 saturated heterocycles. The van der Waals surface area contributed by atoms with Crippen LogP contribution in [0.1, 0.15) is 38.7 Å². The highest BCUT2D eigenvalue weighted by Crippen LogP contribution is 2.32. The average Bonchev–Trinajstić information content (AvgIpc) is 3.15. The summed E-state index contributed by atoms with van der Waals surface area (Å²) >= 11 is 6.19. The molecule has 3 nitrogen and oxygen atoms in total. The summed E-state index contributed by atoms with van der Waals surface area (Å²) in [5, 5.41) is 3.99. The maximum absolute atomic E-state index is 6.19. The van der Waals surface area contributed by atoms with Crippen LogP contribution in [-0.4, -0.2) is 18.1 Å². The van der Waals surface area contributed by atoms with Crippen LogP contribution in [0, 0.1) is 11.8 Å². The van der Waals surface area contributed by atoms with Gasteiger partial charge in [-0.3, -0.25) is 0 Å². The Kier molecular flexibility index (Phi) is 5.46. The summed E-state index contributed by atoms with van der Waals surface area (Å²) in [4.78, 5) is 4.30. The molecule has 1 aliphatic carbocycles. The summed E-state index contributed by atoms with van der Waals surface area (Å²) in [7, 11) is 0. The van der Waals surface area contributed by atoms with Crippen molar-refractivity contribution >= 4 is 11.6 Å². The van der Waals surface area contributed by atoms with E-state index in [2.05, 4.69) is 24.1 Å². The first-order valence-electron chi connectivity index (χ1n) is 7.13. The second kappa shape index (κ2) is 7.11. The van der Waals surface area contributed by atoms with Crippen LogP contribution in [-0.2, 0) is 6.54 Å². The molecule has 0 atom stereocenters. The van der Waals surface area contributed by atoms with Gasteiger partial charge in [0.25, 0.3) is 0 Å². The maximum atomic E-state index is 6.19. The lowest BCUT2D eigenvalue weighted by Gasteiger charge is -2.10. The van der Waals surface area contributed by atoms with E-state index in [4.69, 9.17) is 16.3 Å². The summed E-state index contributed by atoms with van der Waals surface area (Å²) < 4.78 is 5.62. The molecule has 0 spiro atoms. The third kappa shape index (κ3) is 5.37. The highest BCUT2D eigenvalue weighted by Gasteiger charge is 2.21. The number of rotatable bonds is 8. The van der Waals surface area contributed by atoms with Crippen LogP contribution in [0.2, 0.25) is 5.02 Å². The number of hydrogen-bond donors (Lipinski definition) is 1. The van der Waals surface area contributed by atoms with Crippen LogP contribution < -0.4 is 10.1 Å². The minimum absolute atomic E-state index is 0.565. The molecule has 1 aliphatic rings. The number of hydrogen-bond acceptors (Lipinski definition) is 3. The quantitative estimate of drug-likeness (QED) is 0.790. The van der Waals surface area contributed by atoms with E-state index < -0.39 is 0 Å². The van der Waals surface area contributed by atoms with Crippen LogP contribution in [0.5, 0.6) is 5.88 Å².